The molecule has 7 nitrogen and oxygen atoms in total. The van der Waals surface area contributed by atoms with E-state index >= 15 is 0 Å². The molecule has 0 bridgehead atoms. The fourth-order valence-electron chi connectivity index (χ4n) is 4.21. The molecule has 3 amide bonds. The zero-order valence-electron chi connectivity index (χ0n) is 18.2. The van der Waals surface area contributed by atoms with Gasteiger partial charge in [-0.2, -0.15) is 0 Å². The molecule has 0 aliphatic carbocycles. The molecule has 0 aromatic heterocycles. The Morgan fingerprint density at radius 2 is 1.77 bits per heavy atom. The van der Waals surface area contributed by atoms with Gasteiger partial charge in [-0.15, -0.1) is 0 Å². The maximum absolute atomic E-state index is 13.2. The third-order valence-corrected chi connectivity index (χ3v) is 6.20. The molecule has 30 heavy (non-hydrogen) atoms. The lowest BCUT2D eigenvalue weighted by Crippen LogP contribution is -2.57. The van der Waals surface area contributed by atoms with Crippen molar-refractivity contribution in [1.29, 1.82) is 0 Å². The lowest BCUT2D eigenvalue weighted by atomic mass is 9.96. The van der Waals surface area contributed by atoms with Crippen LogP contribution in [0.15, 0.2) is 30.3 Å². The second-order valence-corrected chi connectivity index (χ2v) is 8.45. The molecule has 0 radical (unpaired) electrons. The molecule has 2 heterocycles. The lowest BCUT2D eigenvalue weighted by Gasteiger charge is -2.38. The number of piperidine rings is 1. The normalized spacial score (nSPS) is 19.8. The average molecular weight is 415 g/mol. The smallest absolute Gasteiger partial charge is 0.313 e. The molecule has 0 saturated carbocycles. The van der Waals surface area contributed by atoms with Gasteiger partial charge in [0.05, 0.1) is 0 Å². The van der Waals surface area contributed by atoms with Crippen LogP contribution in [0.3, 0.4) is 0 Å². The van der Waals surface area contributed by atoms with E-state index in [9.17, 15) is 14.4 Å². The van der Waals surface area contributed by atoms with Crippen molar-refractivity contribution >= 4 is 17.7 Å². The Labute approximate surface area is 179 Å². The fourth-order valence-corrected chi connectivity index (χ4v) is 4.21. The summed E-state index contributed by atoms with van der Waals surface area (Å²) in [6.45, 7) is 6.17. The molecular formula is C23H34N4O3. The quantitative estimate of drug-likeness (QED) is 0.657. The average Bonchev–Trinajstić information content (AvgIpc) is 2.76. The maximum Gasteiger partial charge on any atom is 0.313 e. The minimum atomic E-state index is -0.776. The number of nitrogens with one attached hydrogen (secondary N) is 1. The molecule has 0 spiro atoms. The standard InChI is InChI=1S/C23H34N4O3/c1-3-4-12-26-15-16-27(23(30)22(26)29)20(19-8-6-5-7-9-19)21(28)24-17-18-10-13-25(2)14-11-18/h5-9,18,20H,3-4,10-17H2,1-2H3,(H,24,28)/t20-/m1/s1. The molecule has 2 fully saturated rings. The van der Waals surface area contributed by atoms with Gasteiger partial charge >= 0.3 is 11.8 Å². The topological polar surface area (TPSA) is 73.0 Å². The maximum atomic E-state index is 13.2. The first-order chi connectivity index (χ1) is 14.5. The SMILES string of the molecule is CCCCN1CCN([C@@H](C(=O)NCC2CCN(C)CC2)c2ccccc2)C(=O)C1=O. The van der Waals surface area contributed by atoms with E-state index in [2.05, 4.69) is 24.2 Å². The predicted molar refractivity (Wildman–Crippen MR) is 116 cm³/mol. The molecule has 3 rings (SSSR count). The minimum absolute atomic E-state index is 0.205. The first kappa shape index (κ1) is 22.3. The van der Waals surface area contributed by atoms with Gasteiger partial charge in [-0.1, -0.05) is 43.7 Å². The third-order valence-electron chi connectivity index (χ3n) is 6.20. The van der Waals surface area contributed by atoms with Crippen LogP contribution < -0.4 is 5.32 Å². The van der Waals surface area contributed by atoms with Crippen molar-refractivity contribution in [2.75, 3.05) is 46.3 Å². The van der Waals surface area contributed by atoms with Crippen LogP contribution in [-0.4, -0.2) is 78.7 Å². The number of nitrogens with zero attached hydrogens (tertiary/aromatic N) is 3. The van der Waals surface area contributed by atoms with Crippen molar-refractivity contribution in [2.24, 2.45) is 5.92 Å². The number of hydrogen-bond acceptors (Lipinski definition) is 4. The number of rotatable bonds is 8. The predicted octanol–water partition coefficient (Wildman–Crippen LogP) is 1.66. The molecule has 2 saturated heterocycles. The summed E-state index contributed by atoms with van der Waals surface area (Å²) in [5, 5.41) is 3.07. The van der Waals surface area contributed by atoms with Crippen LogP contribution in [0.25, 0.3) is 0 Å². The van der Waals surface area contributed by atoms with Crippen molar-refractivity contribution in [2.45, 2.75) is 38.6 Å². The number of piperazine rings is 1. The molecule has 2 aliphatic rings. The van der Waals surface area contributed by atoms with Crippen molar-refractivity contribution in [3.05, 3.63) is 35.9 Å². The van der Waals surface area contributed by atoms with Gasteiger partial charge in [-0.25, -0.2) is 0 Å². The molecule has 164 valence electrons. The van der Waals surface area contributed by atoms with Crippen LogP contribution in [0.5, 0.6) is 0 Å². The Bertz CT molecular complexity index is 731. The number of carbonyl (C=O) groups is 3. The van der Waals surface area contributed by atoms with E-state index < -0.39 is 17.9 Å². The lowest BCUT2D eigenvalue weighted by molar-refractivity contribution is -0.159. The van der Waals surface area contributed by atoms with Crippen LogP contribution in [0, 0.1) is 5.92 Å². The summed E-state index contributed by atoms with van der Waals surface area (Å²) in [6, 6.07) is 8.52. The summed E-state index contributed by atoms with van der Waals surface area (Å²) in [7, 11) is 2.11. The van der Waals surface area contributed by atoms with E-state index in [1.54, 1.807) is 4.90 Å². The molecular weight excluding hydrogens is 380 g/mol. The number of amides is 3. The van der Waals surface area contributed by atoms with E-state index in [0.717, 1.165) is 44.3 Å². The van der Waals surface area contributed by atoms with Crippen molar-refractivity contribution in [3.8, 4) is 0 Å². The van der Waals surface area contributed by atoms with E-state index in [-0.39, 0.29) is 5.91 Å². The summed E-state index contributed by atoms with van der Waals surface area (Å²) in [4.78, 5) is 44.1. The first-order valence-electron chi connectivity index (χ1n) is 11.1. The van der Waals surface area contributed by atoms with Gasteiger partial charge in [0.2, 0.25) is 5.91 Å². The van der Waals surface area contributed by atoms with Gasteiger partial charge in [0.25, 0.3) is 0 Å². The zero-order valence-corrected chi connectivity index (χ0v) is 18.2. The number of likely N-dealkylation sites (tertiary alicyclic amines) is 1. The highest BCUT2D eigenvalue weighted by Crippen LogP contribution is 2.24. The highest BCUT2D eigenvalue weighted by molar-refractivity contribution is 6.35. The van der Waals surface area contributed by atoms with Gasteiger partial charge in [0, 0.05) is 26.2 Å². The second kappa shape index (κ2) is 10.6. The fraction of sp³-hybridized carbons (Fsp3) is 0.609. The first-order valence-corrected chi connectivity index (χ1v) is 11.1. The molecule has 1 aromatic carbocycles. The Morgan fingerprint density at radius 3 is 2.43 bits per heavy atom. The van der Waals surface area contributed by atoms with Crippen LogP contribution in [0.2, 0.25) is 0 Å². The Morgan fingerprint density at radius 1 is 1.07 bits per heavy atom. The highest BCUT2D eigenvalue weighted by atomic mass is 16.2. The van der Waals surface area contributed by atoms with Crippen molar-refractivity contribution in [3.63, 3.8) is 0 Å². The van der Waals surface area contributed by atoms with E-state index in [0.29, 0.717) is 32.1 Å². The van der Waals surface area contributed by atoms with Crippen LogP contribution in [0.1, 0.15) is 44.2 Å². The van der Waals surface area contributed by atoms with Gasteiger partial charge in [-0.3, -0.25) is 14.4 Å². The van der Waals surface area contributed by atoms with Crippen LogP contribution >= 0.6 is 0 Å². The van der Waals surface area contributed by atoms with E-state index in [1.165, 1.54) is 4.90 Å². The Hall–Kier alpha value is -2.41. The Balaban J connectivity index is 1.71. The van der Waals surface area contributed by atoms with E-state index in [4.69, 9.17) is 0 Å². The summed E-state index contributed by atoms with van der Waals surface area (Å²) in [5.74, 6) is -0.840. The van der Waals surface area contributed by atoms with Crippen molar-refractivity contribution < 1.29 is 14.4 Å². The number of carbonyl (C=O) groups excluding carboxylic acids is 3. The second-order valence-electron chi connectivity index (χ2n) is 8.45. The molecule has 2 aliphatic heterocycles. The summed E-state index contributed by atoms with van der Waals surface area (Å²) >= 11 is 0. The minimum Gasteiger partial charge on any atom is -0.354 e. The largest absolute Gasteiger partial charge is 0.354 e. The third kappa shape index (κ3) is 5.39. The molecule has 1 atom stereocenters. The number of unbranched alkanes of at least 4 members (excludes halogenated alkanes) is 1. The van der Waals surface area contributed by atoms with Gasteiger partial charge in [0.1, 0.15) is 6.04 Å². The molecule has 0 unspecified atom stereocenters. The monoisotopic (exact) mass is 414 g/mol. The number of hydrogen-bond donors (Lipinski definition) is 1. The van der Waals surface area contributed by atoms with E-state index in [1.807, 2.05) is 30.3 Å². The summed E-state index contributed by atoms with van der Waals surface area (Å²) < 4.78 is 0. The molecule has 1 aromatic rings. The van der Waals surface area contributed by atoms with Crippen molar-refractivity contribution in [1.82, 2.24) is 20.0 Å². The Kier molecular flexibility index (Phi) is 7.85. The van der Waals surface area contributed by atoms with Gasteiger partial charge in [-0.05, 0) is 50.9 Å². The summed E-state index contributed by atoms with van der Waals surface area (Å²) in [6.07, 6.45) is 3.95. The van der Waals surface area contributed by atoms with Crippen LogP contribution in [0.4, 0.5) is 0 Å². The van der Waals surface area contributed by atoms with Crippen LogP contribution in [-0.2, 0) is 14.4 Å². The highest BCUT2D eigenvalue weighted by Gasteiger charge is 2.39. The number of benzene rings is 1. The van der Waals surface area contributed by atoms with Gasteiger partial charge < -0.3 is 20.0 Å². The molecule has 7 heteroatoms. The zero-order chi connectivity index (χ0) is 21.5. The summed E-state index contributed by atoms with van der Waals surface area (Å²) in [5.41, 5.74) is 0.738. The van der Waals surface area contributed by atoms with Gasteiger partial charge in [0.15, 0.2) is 0 Å². The molecule has 1 N–H and O–H groups in total.